The molecule has 0 unspecified atom stereocenters. The highest BCUT2D eigenvalue weighted by molar-refractivity contribution is 5.75. The van der Waals surface area contributed by atoms with E-state index in [1.807, 2.05) is 0 Å². The molecule has 1 saturated carbocycles. The van der Waals surface area contributed by atoms with Crippen LogP contribution in [0.2, 0.25) is 0 Å². The Kier molecular flexibility index (Phi) is 7.33. The molecule has 0 saturated heterocycles. The minimum Gasteiger partial charge on any atom is -0.355 e. The molecule has 0 heterocycles. The van der Waals surface area contributed by atoms with Gasteiger partial charge in [0.2, 0.25) is 5.91 Å². The number of rotatable bonds is 8. The lowest BCUT2D eigenvalue weighted by molar-refractivity contribution is -0.121. The Labute approximate surface area is 112 Å². The van der Waals surface area contributed by atoms with Crippen molar-refractivity contribution in [3.63, 3.8) is 0 Å². The molecule has 3 N–H and O–H groups in total. The molecular weight excluding hydrogens is 224 g/mol. The Morgan fingerprint density at radius 1 is 1.17 bits per heavy atom. The monoisotopic (exact) mass is 254 g/mol. The molecule has 0 aromatic carbocycles. The topological polar surface area (TPSA) is 55.1 Å². The zero-order chi connectivity index (χ0) is 13.3. The normalized spacial score (nSPS) is 18.6. The molecule has 0 atom stereocenters. The number of hydrogen-bond donors (Lipinski definition) is 2. The van der Waals surface area contributed by atoms with Gasteiger partial charge in [-0.25, -0.2) is 0 Å². The highest BCUT2D eigenvalue weighted by Crippen LogP contribution is 2.34. The summed E-state index contributed by atoms with van der Waals surface area (Å²) in [7, 11) is 0. The molecule has 1 amide bonds. The van der Waals surface area contributed by atoms with E-state index in [1.165, 1.54) is 51.4 Å². The van der Waals surface area contributed by atoms with Crippen LogP contribution in [0.5, 0.6) is 0 Å². The van der Waals surface area contributed by atoms with Crippen molar-refractivity contribution in [1.29, 1.82) is 0 Å². The van der Waals surface area contributed by atoms with Crippen molar-refractivity contribution in [3.05, 3.63) is 0 Å². The van der Waals surface area contributed by atoms with Gasteiger partial charge in [0.25, 0.3) is 0 Å². The van der Waals surface area contributed by atoms with Crippen LogP contribution in [0.4, 0.5) is 0 Å². The quantitative estimate of drug-likeness (QED) is 0.654. The molecule has 1 rings (SSSR count). The fourth-order valence-corrected chi connectivity index (χ4v) is 2.84. The molecule has 106 valence electrons. The maximum atomic E-state index is 11.8. The first-order valence-electron chi connectivity index (χ1n) is 7.69. The van der Waals surface area contributed by atoms with Crippen LogP contribution in [0.1, 0.15) is 71.1 Å². The van der Waals surface area contributed by atoms with Gasteiger partial charge in [-0.05, 0) is 31.2 Å². The molecule has 0 radical (unpaired) electrons. The highest BCUT2D eigenvalue weighted by Gasteiger charge is 2.30. The molecule has 1 fully saturated rings. The van der Waals surface area contributed by atoms with Crippen LogP contribution in [-0.2, 0) is 4.79 Å². The van der Waals surface area contributed by atoms with E-state index in [1.54, 1.807) is 0 Å². The average molecular weight is 254 g/mol. The molecule has 0 aromatic heterocycles. The van der Waals surface area contributed by atoms with Gasteiger partial charge in [-0.1, -0.05) is 45.4 Å². The van der Waals surface area contributed by atoms with E-state index in [-0.39, 0.29) is 11.3 Å². The van der Waals surface area contributed by atoms with Crippen molar-refractivity contribution in [2.45, 2.75) is 71.1 Å². The molecule has 0 aliphatic heterocycles. The summed E-state index contributed by atoms with van der Waals surface area (Å²) in [5.41, 5.74) is 6.10. The first kappa shape index (κ1) is 15.5. The van der Waals surface area contributed by atoms with E-state index in [0.29, 0.717) is 13.0 Å². The molecule has 0 spiro atoms. The Balaban J connectivity index is 2.19. The molecular formula is C15H30N2O. The average Bonchev–Trinajstić information content (AvgIpc) is 2.42. The predicted molar refractivity (Wildman–Crippen MR) is 76.3 cm³/mol. The summed E-state index contributed by atoms with van der Waals surface area (Å²) in [4.78, 5) is 11.8. The largest absolute Gasteiger partial charge is 0.355 e. The summed E-state index contributed by atoms with van der Waals surface area (Å²) in [6, 6.07) is 0. The Hall–Kier alpha value is -0.570. The lowest BCUT2D eigenvalue weighted by atomic mass is 9.74. The van der Waals surface area contributed by atoms with Crippen LogP contribution in [-0.4, -0.2) is 19.0 Å². The highest BCUT2D eigenvalue weighted by atomic mass is 16.1. The minimum atomic E-state index is 0.192. The molecule has 3 nitrogen and oxygen atoms in total. The number of hydrogen-bond acceptors (Lipinski definition) is 2. The summed E-state index contributed by atoms with van der Waals surface area (Å²) in [6.07, 6.45) is 11.6. The van der Waals surface area contributed by atoms with Crippen molar-refractivity contribution in [2.24, 2.45) is 11.1 Å². The van der Waals surface area contributed by atoms with Crippen molar-refractivity contribution in [2.75, 3.05) is 13.1 Å². The van der Waals surface area contributed by atoms with E-state index in [2.05, 4.69) is 12.2 Å². The van der Waals surface area contributed by atoms with Gasteiger partial charge in [0.1, 0.15) is 0 Å². The van der Waals surface area contributed by atoms with Gasteiger partial charge in [-0.3, -0.25) is 4.79 Å². The van der Waals surface area contributed by atoms with E-state index in [9.17, 15) is 4.79 Å². The number of carbonyl (C=O) groups excluding carboxylic acids is 1. The van der Waals surface area contributed by atoms with E-state index in [0.717, 1.165) is 13.0 Å². The Morgan fingerprint density at radius 3 is 2.50 bits per heavy atom. The number of carbonyl (C=O) groups is 1. The number of amides is 1. The molecule has 18 heavy (non-hydrogen) atoms. The lowest BCUT2D eigenvalue weighted by Crippen LogP contribution is -2.43. The zero-order valence-corrected chi connectivity index (χ0v) is 12.0. The Morgan fingerprint density at radius 2 is 1.89 bits per heavy atom. The van der Waals surface area contributed by atoms with Crippen LogP contribution in [0.15, 0.2) is 0 Å². The maximum Gasteiger partial charge on any atom is 0.220 e. The number of unbranched alkanes of at least 4 members (excludes halogenated alkanes) is 3. The van der Waals surface area contributed by atoms with Crippen molar-refractivity contribution in [3.8, 4) is 0 Å². The zero-order valence-electron chi connectivity index (χ0n) is 12.0. The van der Waals surface area contributed by atoms with E-state index >= 15 is 0 Å². The smallest absolute Gasteiger partial charge is 0.220 e. The summed E-state index contributed by atoms with van der Waals surface area (Å²) in [5.74, 6) is 0.213. The third kappa shape index (κ3) is 5.38. The lowest BCUT2D eigenvalue weighted by Gasteiger charge is -2.36. The third-order valence-electron chi connectivity index (χ3n) is 4.27. The molecule has 3 heteroatoms. The maximum absolute atomic E-state index is 11.8. The van der Waals surface area contributed by atoms with Crippen LogP contribution in [0, 0.1) is 5.41 Å². The first-order valence-corrected chi connectivity index (χ1v) is 7.69. The first-order chi connectivity index (χ1) is 8.72. The minimum absolute atomic E-state index is 0.192. The molecule has 1 aliphatic carbocycles. The fraction of sp³-hybridized carbons (Fsp3) is 0.933. The van der Waals surface area contributed by atoms with Gasteiger partial charge in [0.05, 0.1) is 0 Å². The van der Waals surface area contributed by atoms with Crippen LogP contribution in [0.25, 0.3) is 0 Å². The number of nitrogens with two attached hydrogens (primary N) is 1. The second kappa shape index (κ2) is 8.52. The van der Waals surface area contributed by atoms with Gasteiger partial charge >= 0.3 is 0 Å². The van der Waals surface area contributed by atoms with Crippen LogP contribution < -0.4 is 11.1 Å². The second-order valence-corrected chi connectivity index (χ2v) is 5.85. The Bertz CT molecular complexity index is 235. The number of nitrogens with one attached hydrogen (secondary N) is 1. The standard InChI is InChI=1S/C15H30N2O/c1-2-3-4-6-9-14(18)17-13-15(12-16)10-7-5-8-11-15/h2-13,16H2,1H3,(H,17,18). The summed E-state index contributed by atoms with van der Waals surface area (Å²) < 4.78 is 0. The van der Waals surface area contributed by atoms with Gasteiger partial charge in [0.15, 0.2) is 0 Å². The van der Waals surface area contributed by atoms with Crippen LogP contribution in [0.3, 0.4) is 0 Å². The molecule has 1 aliphatic rings. The summed E-state index contributed by atoms with van der Waals surface area (Å²) in [5, 5.41) is 3.10. The SMILES string of the molecule is CCCCCCC(=O)NCC1(CN)CCCCC1. The van der Waals surface area contributed by atoms with Gasteiger partial charge in [0, 0.05) is 13.0 Å². The van der Waals surface area contributed by atoms with E-state index < -0.39 is 0 Å². The molecule has 0 bridgehead atoms. The van der Waals surface area contributed by atoms with Crippen molar-refractivity contribution >= 4 is 5.91 Å². The molecule has 0 aromatic rings. The van der Waals surface area contributed by atoms with Crippen molar-refractivity contribution < 1.29 is 4.79 Å². The fourth-order valence-electron chi connectivity index (χ4n) is 2.84. The van der Waals surface area contributed by atoms with E-state index in [4.69, 9.17) is 5.73 Å². The second-order valence-electron chi connectivity index (χ2n) is 5.85. The van der Waals surface area contributed by atoms with Crippen LogP contribution >= 0.6 is 0 Å². The van der Waals surface area contributed by atoms with Gasteiger partial charge in [-0.15, -0.1) is 0 Å². The van der Waals surface area contributed by atoms with Gasteiger partial charge < -0.3 is 11.1 Å². The summed E-state index contributed by atoms with van der Waals surface area (Å²) in [6.45, 7) is 3.69. The third-order valence-corrected chi connectivity index (χ3v) is 4.27. The van der Waals surface area contributed by atoms with Gasteiger partial charge in [-0.2, -0.15) is 0 Å². The predicted octanol–water partition coefficient (Wildman–Crippen LogP) is 2.98. The van der Waals surface area contributed by atoms with Crippen molar-refractivity contribution in [1.82, 2.24) is 5.32 Å². The summed E-state index contributed by atoms with van der Waals surface area (Å²) >= 11 is 0.